The predicted octanol–water partition coefficient (Wildman–Crippen LogP) is 3.21. The van der Waals surface area contributed by atoms with Crippen LogP contribution in [-0.2, 0) is 4.79 Å². The van der Waals surface area contributed by atoms with E-state index in [0.717, 1.165) is 61.0 Å². The number of aryl methyl sites for hydroxylation is 1. The van der Waals surface area contributed by atoms with Crippen LogP contribution in [0.5, 0.6) is 0 Å². The number of para-hydroxylation sites is 1. The largest absolute Gasteiger partial charge is 0.354 e. The average molecular weight is 393 g/mol. The van der Waals surface area contributed by atoms with Crippen molar-refractivity contribution in [2.75, 3.05) is 31.1 Å². The molecule has 0 spiro atoms. The summed E-state index contributed by atoms with van der Waals surface area (Å²) in [6, 6.07) is 10.0. The van der Waals surface area contributed by atoms with Crippen molar-refractivity contribution < 1.29 is 4.79 Å². The molecule has 1 aliphatic rings. The molecule has 0 aliphatic carbocycles. The van der Waals surface area contributed by atoms with Crippen molar-refractivity contribution in [3.63, 3.8) is 0 Å². The number of nitrogens with zero attached hydrogens (tertiary/aromatic N) is 6. The molecule has 152 valence electrons. The van der Waals surface area contributed by atoms with Crippen LogP contribution in [-0.4, -0.2) is 56.7 Å². The van der Waals surface area contributed by atoms with E-state index < -0.39 is 0 Å². The van der Waals surface area contributed by atoms with E-state index >= 15 is 0 Å². The van der Waals surface area contributed by atoms with Crippen molar-refractivity contribution in [3.05, 3.63) is 42.4 Å². The molecule has 7 nitrogen and oxygen atoms in total. The van der Waals surface area contributed by atoms with Crippen LogP contribution in [0.4, 0.5) is 5.82 Å². The topological polar surface area (TPSA) is 67.2 Å². The summed E-state index contributed by atoms with van der Waals surface area (Å²) in [5.41, 5.74) is 1.79. The Morgan fingerprint density at radius 2 is 1.86 bits per heavy atom. The molecule has 29 heavy (non-hydrogen) atoms. The van der Waals surface area contributed by atoms with Gasteiger partial charge in [-0.2, -0.15) is 5.10 Å². The van der Waals surface area contributed by atoms with Crippen molar-refractivity contribution in [2.24, 2.45) is 5.92 Å². The number of aromatic nitrogens is 4. The van der Waals surface area contributed by atoms with Crippen LogP contribution in [0, 0.1) is 12.8 Å². The summed E-state index contributed by atoms with van der Waals surface area (Å²) in [5, 5.41) is 5.53. The molecule has 0 unspecified atom stereocenters. The van der Waals surface area contributed by atoms with Crippen LogP contribution in [0.25, 0.3) is 16.7 Å². The maximum Gasteiger partial charge on any atom is 0.222 e. The Hall–Kier alpha value is -2.96. The lowest BCUT2D eigenvalue weighted by atomic mass is 10.1. The number of anilines is 1. The number of amides is 1. The third kappa shape index (κ3) is 4.09. The monoisotopic (exact) mass is 392 g/mol. The lowest BCUT2D eigenvalue weighted by molar-refractivity contribution is -0.131. The fraction of sp³-hybridized carbons (Fsp3) is 0.455. The van der Waals surface area contributed by atoms with Crippen molar-refractivity contribution >= 4 is 22.8 Å². The van der Waals surface area contributed by atoms with Gasteiger partial charge in [-0.3, -0.25) is 4.79 Å². The van der Waals surface area contributed by atoms with E-state index in [-0.39, 0.29) is 5.91 Å². The molecule has 0 radical (unpaired) electrons. The number of fused-ring (bicyclic) bond motifs is 1. The van der Waals surface area contributed by atoms with E-state index in [4.69, 9.17) is 4.98 Å². The molecule has 7 heteroatoms. The second-order valence-corrected chi connectivity index (χ2v) is 8.04. The van der Waals surface area contributed by atoms with E-state index in [1.165, 1.54) is 0 Å². The summed E-state index contributed by atoms with van der Waals surface area (Å²) in [4.78, 5) is 26.2. The number of hydrogen-bond acceptors (Lipinski definition) is 5. The first-order valence-electron chi connectivity index (χ1n) is 10.3. The Bertz CT molecular complexity index is 997. The van der Waals surface area contributed by atoms with Gasteiger partial charge in [0.1, 0.15) is 11.6 Å². The molecule has 1 saturated heterocycles. The fourth-order valence-corrected chi connectivity index (χ4v) is 3.86. The van der Waals surface area contributed by atoms with Gasteiger partial charge < -0.3 is 9.80 Å². The van der Waals surface area contributed by atoms with Gasteiger partial charge in [-0.15, -0.1) is 0 Å². The van der Waals surface area contributed by atoms with E-state index in [0.29, 0.717) is 12.3 Å². The molecular formula is C22H28N6O. The highest BCUT2D eigenvalue weighted by Gasteiger charge is 2.23. The van der Waals surface area contributed by atoms with Crippen LogP contribution in [0.2, 0.25) is 0 Å². The molecule has 1 amide bonds. The Morgan fingerprint density at radius 1 is 1.07 bits per heavy atom. The highest BCUT2D eigenvalue weighted by Crippen LogP contribution is 2.26. The van der Waals surface area contributed by atoms with Crippen molar-refractivity contribution in [3.8, 4) is 5.69 Å². The normalized spacial score (nSPS) is 15.2. The molecule has 2 aromatic heterocycles. The minimum atomic E-state index is 0.253. The standard InChI is InChI=1S/C22H28N6O/c1-16(2)14-20(29)26-10-7-11-27(13-12-26)21-19-15-23-28(18-8-5-4-6-9-18)22(19)25-17(3)24-21/h4-6,8-9,15-16H,7,10-14H2,1-3H3. The second kappa shape index (κ2) is 8.19. The van der Waals surface area contributed by atoms with E-state index in [1.807, 2.05) is 53.0 Å². The van der Waals surface area contributed by atoms with Crippen LogP contribution in [0.3, 0.4) is 0 Å². The van der Waals surface area contributed by atoms with Crippen molar-refractivity contribution in [2.45, 2.75) is 33.6 Å². The zero-order valence-corrected chi connectivity index (χ0v) is 17.4. The average Bonchev–Trinajstić information content (AvgIpc) is 2.95. The first kappa shape index (κ1) is 19.4. The molecule has 0 bridgehead atoms. The van der Waals surface area contributed by atoms with Crippen LogP contribution in [0.15, 0.2) is 36.5 Å². The number of hydrogen-bond donors (Lipinski definition) is 0. The summed E-state index contributed by atoms with van der Waals surface area (Å²) in [5.74, 6) is 2.27. The van der Waals surface area contributed by atoms with Crippen molar-refractivity contribution in [1.82, 2.24) is 24.6 Å². The highest BCUT2D eigenvalue weighted by atomic mass is 16.2. The van der Waals surface area contributed by atoms with Gasteiger partial charge in [0, 0.05) is 32.6 Å². The molecule has 0 atom stereocenters. The van der Waals surface area contributed by atoms with Crippen LogP contribution < -0.4 is 4.90 Å². The number of carbonyl (C=O) groups is 1. The fourth-order valence-electron chi connectivity index (χ4n) is 3.86. The van der Waals surface area contributed by atoms with Gasteiger partial charge in [-0.1, -0.05) is 32.0 Å². The molecular weight excluding hydrogens is 364 g/mol. The minimum Gasteiger partial charge on any atom is -0.354 e. The van der Waals surface area contributed by atoms with E-state index in [2.05, 4.69) is 28.8 Å². The summed E-state index contributed by atoms with van der Waals surface area (Å²) >= 11 is 0. The molecule has 4 rings (SSSR count). The lowest BCUT2D eigenvalue weighted by Crippen LogP contribution is -2.36. The second-order valence-electron chi connectivity index (χ2n) is 8.04. The minimum absolute atomic E-state index is 0.253. The first-order chi connectivity index (χ1) is 14.0. The van der Waals surface area contributed by atoms with Gasteiger partial charge in [-0.05, 0) is 31.4 Å². The molecule has 0 N–H and O–H groups in total. The van der Waals surface area contributed by atoms with Crippen molar-refractivity contribution in [1.29, 1.82) is 0 Å². The summed E-state index contributed by atoms with van der Waals surface area (Å²) in [7, 11) is 0. The zero-order chi connectivity index (χ0) is 20.4. The van der Waals surface area contributed by atoms with Gasteiger partial charge in [-0.25, -0.2) is 14.6 Å². The Morgan fingerprint density at radius 3 is 2.62 bits per heavy atom. The Kier molecular flexibility index (Phi) is 5.47. The van der Waals surface area contributed by atoms with E-state index in [9.17, 15) is 4.79 Å². The predicted molar refractivity (Wildman–Crippen MR) is 114 cm³/mol. The van der Waals surface area contributed by atoms with Gasteiger partial charge in [0.15, 0.2) is 5.65 Å². The Balaban J connectivity index is 1.63. The van der Waals surface area contributed by atoms with Gasteiger partial charge in [0.2, 0.25) is 5.91 Å². The quantitative estimate of drug-likeness (QED) is 0.682. The summed E-state index contributed by atoms with van der Waals surface area (Å²) < 4.78 is 1.86. The van der Waals surface area contributed by atoms with Gasteiger partial charge in [0.05, 0.1) is 17.3 Å². The summed E-state index contributed by atoms with van der Waals surface area (Å²) in [6.07, 6.45) is 3.39. The maximum absolute atomic E-state index is 12.5. The SMILES string of the molecule is Cc1nc(N2CCCN(C(=O)CC(C)C)CC2)c2cnn(-c3ccccc3)c2n1. The third-order valence-corrected chi connectivity index (χ3v) is 5.25. The molecule has 1 fully saturated rings. The Labute approximate surface area is 171 Å². The molecule has 1 aromatic carbocycles. The lowest BCUT2D eigenvalue weighted by Gasteiger charge is -2.24. The molecule has 3 aromatic rings. The molecule has 0 saturated carbocycles. The molecule has 3 heterocycles. The third-order valence-electron chi connectivity index (χ3n) is 5.25. The van der Waals surface area contributed by atoms with Crippen LogP contribution in [0.1, 0.15) is 32.5 Å². The first-order valence-corrected chi connectivity index (χ1v) is 10.3. The number of carbonyl (C=O) groups excluding carboxylic acids is 1. The smallest absolute Gasteiger partial charge is 0.222 e. The number of rotatable bonds is 4. The zero-order valence-electron chi connectivity index (χ0n) is 17.4. The molecule has 1 aliphatic heterocycles. The van der Waals surface area contributed by atoms with Gasteiger partial charge in [0.25, 0.3) is 0 Å². The maximum atomic E-state index is 12.5. The van der Waals surface area contributed by atoms with Gasteiger partial charge >= 0.3 is 0 Å². The van der Waals surface area contributed by atoms with Crippen LogP contribution >= 0.6 is 0 Å². The highest BCUT2D eigenvalue weighted by molar-refractivity contribution is 5.88. The summed E-state index contributed by atoms with van der Waals surface area (Å²) in [6.45, 7) is 9.27. The van der Waals surface area contributed by atoms with E-state index in [1.54, 1.807) is 0 Å². The number of benzene rings is 1.